The third-order valence-electron chi connectivity index (χ3n) is 10.9. The molecule has 0 saturated carbocycles. The van der Waals surface area contributed by atoms with Gasteiger partial charge in [-0.05, 0) is 0 Å². The first-order valence-corrected chi connectivity index (χ1v) is 22.6. The SMILES string of the molecule is CC(C)C1=C(C(C)C)C(C(C)C)=[C]([Zr](=[C](c2ccccc2)c2ccccc2)[CH]2c3cc(C(C)(C)C)ccc3-c3ccc(C(C)(C)C)cc32)C1. The molecule has 0 nitrogen and oxygen atoms in total. The minimum atomic E-state index is -2.97. The molecule has 4 aromatic carbocycles. The summed E-state index contributed by atoms with van der Waals surface area (Å²) < 4.78 is 3.87. The van der Waals surface area contributed by atoms with Crippen LogP contribution in [0.1, 0.15) is 127 Å². The van der Waals surface area contributed by atoms with Gasteiger partial charge in [-0.1, -0.05) is 0 Å². The monoisotopic (exact) mass is 724 g/mol. The first-order chi connectivity index (χ1) is 23.1. The van der Waals surface area contributed by atoms with Crippen molar-refractivity contribution in [2.45, 2.75) is 104 Å². The zero-order chi connectivity index (χ0) is 35.4. The van der Waals surface area contributed by atoms with Crippen LogP contribution in [0.15, 0.2) is 117 Å². The van der Waals surface area contributed by atoms with Gasteiger partial charge < -0.3 is 0 Å². The predicted molar refractivity (Wildman–Crippen MR) is 210 cm³/mol. The first kappa shape index (κ1) is 35.9. The van der Waals surface area contributed by atoms with Gasteiger partial charge in [-0.25, -0.2) is 0 Å². The summed E-state index contributed by atoms with van der Waals surface area (Å²) in [6.45, 7) is 28.9. The Morgan fingerprint density at radius 1 is 0.551 bits per heavy atom. The summed E-state index contributed by atoms with van der Waals surface area (Å²) in [4.78, 5) is 0. The molecule has 2 aliphatic carbocycles. The average molecular weight is 726 g/mol. The molecule has 0 aliphatic heterocycles. The Morgan fingerprint density at radius 2 is 0.980 bits per heavy atom. The van der Waals surface area contributed by atoms with Crippen molar-refractivity contribution in [2.75, 3.05) is 0 Å². The fourth-order valence-corrected chi connectivity index (χ4v) is 18.5. The van der Waals surface area contributed by atoms with Crippen molar-refractivity contribution < 1.29 is 21.3 Å². The molecule has 0 fully saturated rings. The number of hydrogen-bond acceptors (Lipinski definition) is 0. The van der Waals surface area contributed by atoms with Crippen LogP contribution in [0.25, 0.3) is 11.1 Å². The van der Waals surface area contributed by atoms with E-state index in [-0.39, 0.29) is 10.8 Å². The van der Waals surface area contributed by atoms with Crippen molar-refractivity contribution in [1.82, 2.24) is 0 Å². The van der Waals surface area contributed by atoms with Crippen molar-refractivity contribution in [3.63, 3.8) is 0 Å². The van der Waals surface area contributed by atoms with Gasteiger partial charge in [0.1, 0.15) is 0 Å². The molecule has 4 aromatic rings. The Kier molecular flexibility index (Phi) is 10.0. The summed E-state index contributed by atoms with van der Waals surface area (Å²) in [7, 11) is 0. The van der Waals surface area contributed by atoms with E-state index in [1.165, 1.54) is 33.4 Å². The second-order valence-corrected chi connectivity index (χ2v) is 23.7. The molecule has 49 heavy (non-hydrogen) atoms. The summed E-state index contributed by atoms with van der Waals surface area (Å²) in [5, 5.41) is 0. The Morgan fingerprint density at radius 3 is 1.35 bits per heavy atom. The zero-order valence-corrected chi connectivity index (χ0v) is 34.7. The Balaban J connectivity index is 1.83. The summed E-state index contributed by atoms with van der Waals surface area (Å²) >= 11 is -2.97. The molecule has 254 valence electrons. The molecule has 0 heterocycles. The van der Waals surface area contributed by atoms with E-state index >= 15 is 0 Å². The fourth-order valence-electron chi connectivity index (χ4n) is 8.48. The van der Waals surface area contributed by atoms with E-state index in [2.05, 4.69) is 180 Å². The van der Waals surface area contributed by atoms with E-state index in [4.69, 9.17) is 0 Å². The maximum absolute atomic E-state index is 2.97. The summed E-state index contributed by atoms with van der Waals surface area (Å²) in [6.07, 6.45) is 1.13. The number of benzene rings is 4. The van der Waals surface area contributed by atoms with Gasteiger partial charge in [0.15, 0.2) is 0 Å². The topological polar surface area (TPSA) is 0 Å². The van der Waals surface area contributed by atoms with E-state index in [9.17, 15) is 0 Å². The van der Waals surface area contributed by atoms with Crippen LogP contribution in [0.2, 0.25) is 0 Å². The van der Waals surface area contributed by atoms with E-state index in [0.717, 1.165) is 6.42 Å². The van der Waals surface area contributed by atoms with Gasteiger partial charge in [0.05, 0.1) is 0 Å². The average Bonchev–Trinajstić information content (AvgIpc) is 3.60. The van der Waals surface area contributed by atoms with Crippen LogP contribution in [0.3, 0.4) is 0 Å². The number of rotatable bonds is 7. The van der Waals surface area contributed by atoms with Crippen molar-refractivity contribution in [3.05, 3.63) is 150 Å². The van der Waals surface area contributed by atoms with Crippen LogP contribution in [0.5, 0.6) is 0 Å². The predicted octanol–water partition coefficient (Wildman–Crippen LogP) is 13.2. The van der Waals surface area contributed by atoms with Crippen LogP contribution >= 0.6 is 0 Å². The maximum atomic E-state index is 2.63. The normalized spacial score (nSPS) is 15.2. The molecule has 0 atom stereocenters. The van der Waals surface area contributed by atoms with Gasteiger partial charge in [0.25, 0.3) is 0 Å². The second-order valence-electron chi connectivity index (χ2n) is 17.5. The van der Waals surface area contributed by atoms with Gasteiger partial charge in [0, 0.05) is 0 Å². The Labute approximate surface area is 305 Å². The Bertz CT molecular complexity index is 1840. The Hall–Kier alpha value is -2.89. The standard InChI is InChI=1S/C21H25.C14H23.C13H10.Zr/c1-20(2,3)16-7-9-18-14(12-16)11-15-13-17(21(4,5)6)8-10-19(15)18;1-9(2)12-7-8-13(10(3)4)14(12)11(5)6;1-3-7-12(8-4-1)11-13-9-5-2-6-10-13;/h7-13H,1-6H3;9-11H,7H2,1-6H3;1-10H;. The molecule has 0 saturated heterocycles. The number of hydrogen-bond donors (Lipinski definition) is 0. The third kappa shape index (κ3) is 6.79. The van der Waals surface area contributed by atoms with Crippen molar-refractivity contribution in [2.24, 2.45) is 17.8 Å². The molecule has 2 aliphatic rings. The van der Waals surface area contributed by atoms with E-state index in [1.807, 2.05) is 3.28 Å². The molecule has 0 radical (unpaired) electrons. The zero-order valence-electron chi connectivity index (χ0n) is 32.3. The molecule has 1 heteroatoms. The third-order valence-corrected chi connectivity index (χ3v) is 19.3. The molecule has 0 N–H and O–H groups in total. The molecule has 6 rings (SSSR count). The van der Waals surface area contributed by atoms with Gasteiger partial charge in [0.2, 0.25) is 0 Å². The van der Waals surface area contributed by atoms with Gasteiger partial charge in [-0.15, -0.1) is 0 Å². The summed E-state index contributed by atoms with van der Waals surface area (Å²) in [5.41, 5.74) is 17.0. The van der Waals surface area contributed by atoms with Crippen LogP contribution in [-0.4, -0.2) is 3.21 Å². The van der Waals surface area contributed by atoms with Crippen molar-refractivity contribution in [3.8, 4) is 11.1 Å². The molecule has 0 bridgehead atoms. The number of fused-ring (bicyclic) bond motifs is 3. The van der Waals surface area contributed by atoms with Crippen LogP contribution in [-0.2, 0) is 32.1 Å². The van der Waals surface area contributed by atoms with Crippen LogP contribution < -0.4 is 0 Å². The van der Waals surface area contributed by atoms with Gasteiger partial charge >= 0.3 is 308 Å². The van der Waals surface area contributed by atoms with E-state index in [0.29, 0.717) is 21.4 Å². The quantitative estimate of drug-likeness (QED) is 0.178. The summed E-state index contributed by atoms with van der Waals surface area (Å²) in [5.74, 6) is 1.53. The van der Waals surface area contributed by atoms with Crippen molar-refractivity contribution >= 4 is 3.21 Å². The van der Waals surface area contributed by atoms with E-state index < -0.39 is 21.3 Å². The molecule has 0 unspecified atom stereocenters. The molecular formula is C48H58Zr. The molecule has 0 amide bonds. The van der Waals surface area contributed by atoms with E-state index in [1.54, 1.807) is 31.1 Å². The second kappa shape index (κ2) is 13.7. The molecular weight excluding hydrogens is 668 g/mol. The minimum absolute atomic E-state index is 0.0761. The van der Waals surface area contributed by atoms with Gasteiger partial charge in [-0.3, -0.25) is 0 Å². The molecule has 0 spiro atoms. The summed E-state index contributed by atoms with van der Waals surface area (Å²) in [6, 6.07) is 38.1. The van der Waals surface area contributed by atoms with Gasteiger partial charge in [-0.2, -0.15) is 0 Å². The van der Waals surface area contributed by atoms with Crippen LogP contribution in [0, 0.1) is 17.8 Å². The molecule has 0 aromatic heterocycles. The van der Waals surface area contributed by atoms with Crippen LogP contribution in [0.4, 0.5) is 0 Å². The first-order valence-electron chi connectivity index (χ1n) is 18.7. The fraction of sp³-hybridized carbons (Fsp3) is 0.396. The number of allylic oxidation sites excluding steroid dienone is 4. The van der Waals surface area contributed by atoms with Crippen molar-refractivity contribution in [1.29, 1.82) is 0 Å².